The molecule has 1 saturated heterocycles. The van der Waals surface area contributed by atoms with Crippen molar-refractivity contribution in [2.75, 3.05) is 19.8 Å². The van der Waals surface area contributed by atoms with E-state index in [1.807, 2.05) is 19.1 Å². The van der Waals surface area contributed by atoms with Gasteiger partial charge in [0.2, 0.25) is 0 Å². The van der Waals surface area contributed by atoms with Crippen molar-refractivity contribution < 1.29 is 24.4 Å². The van der Waals surface area contributed by atoms with Gasteiger partial charge in [0, 0.05) is 24.8 Å². The average Bonchev–Trinajstić information content (AvgIpc) is 3.21. The monoisotopic (exact) mass is 398 g/mol. The summed E-state index contributed by atoms with van der Waals surface area (Å²) in [4.78, 5) is 0. The lowest BCUT2D eigenvalue weighted by Gasteiger charge is -2.33. The van der Waals surface area contributed by atoms with Gasteiger partial charge in [0.1, 0.15) is 11.5 Å². The molecular formula is C24H30O5. The Labute approximate surface area is 172 Å². The van der Waals surface area contributed by atoms with Crippen LogP contribution in [-0.2, 0) is 17.6 Å². The molecule has 3 unspecified atom stereocenters. The van der Waals surface area contributed by atoms with Crippen LogP contribution in [0.1, 0.15) is 53.7 Å². The van der Waals surface area contributed by atoms with Crippen LogP contribution in [0.25, 0.3) is 0 Å². The molecule has 2 aromatic rings. The topological polar surface area (TPSA) is 68.2 Å². The van der Waals surface area contributed by atoms with Gasteiger partial charge in [-0.2, -0.15) is 0 Å². The number of ether oxygens (including phenoxy) is 3. The molecule has 4 rings (SSSR count). The number of hydrogen-bond acceptors (Lipinski definition) is 5. The lowest BCUT2D eigenvalue weighted by Crippen LogP contribution is -2.33. The van der Waals surface area contributed by atoms with Crippen LogP contribution in [0.2, 0.25) is 0 Å². The van der Waals surface area contributed by atoms with Crippen LogP contribution >= 0.6 is 0 Å². The van der Waals surface area contributed by atoms with Crippen LogP contribution < -0.4 is 9.47 Å². The summed E-state index contributed by atoms with van der Waals surface area (Å²) in [6, 6.07) is 10.4. The molecule has 2 aliphatic rings. The fourth-order valence-electron chi connectivity index (χ4n) is 4.46. The van der Waals surface area contributed by atoms with Gasteiger partial charge in [0.25, 0.3) is 0 Å². The highest BCUT2D eigenvalue weighted by Gasteiger charge is 2.33. The molecule has 0 bridgehead atoms. The van der Waals surface area contributed by atoms with E-state index < -0.39 is 6.10 Å². The summed E-state index contributed by atoms with van der Waals surface area (Å²) in [5.41, 5.74) is 5.87. The van der Waals surface area contributed by atoms with Gasteiger partial charge < -0.3 is 24.4 Å². The van der Waals surface area contributed by atoms with Crippen molar-refractivity contribution in [3.8, 4) is 11.5 Å². The second-order valence-electron chi connectivity index (χ2n) is 7.96. The first-order valence-electron chi connectivity index (χ1n) is 10.5. The SMILES string of the molecule is CCOc1ccc(Cc2cc(C3CC(O)CC(CO)O3)c3c(c2C)OCC3)cc1. The minimum Gasteiger partial charge on any atom is -0.494 e. The number of fused-ring (bicyclic) bond motifs is 1. The molecular weight excluding hydrogens is 368 g/mol. The normalized spacial score (nSPS) is 23.5. The molecule has 0 aromatic heterocycles. The standard InChI is InChI=1S/C24H30O5/c1-3-27-19-6-4-16(5-7-19)10-17-11-22(21-8-9-28-24(21)15(17)2)23-13-18(26)12-20(14-25)29-23/h4-7,11,18,20,23,25-26H,3,8-10,12-14H2,1-2H3. The van der Waals surface area contributed by atoms with E-state index in [0.717, 1.165) is 29.9 Å². The van der Waals surface area contributed by atoms with E-state index in [0.29, 0.717) is 26.1 Å². The largest absolute Gasteiger partial charge is 0.494 e. The van der Waals surface area contributed by atoms with Gasteiger partial charge in [-0.25, -0.2) is 0 Å². The van der Waals surface area contributed by atoms with Gasteiger partial charge in [-0.15, -0.1) is 0 Å². The van der Waals surface area contributed by atoms with Crippen LogP contribution in [0, 0.1) is 6.92 Å². The molecule has 3 atom stereocenters. The molecule has 2 N–H and O–H groups in total. The fourth-order valence-corrected chi connectivity index (χ4v) is 4.46. The van der Waals surface area contributed by atoms with Gasteiger partial charge in [-0.05, 0) is 54.7 Å². The van der Waals surface area contributed by atoms with Crippen molar-refractivity contribution in [1.29, 1.82) is 0 Å². The van der Waals surface area contributed by atoms with Crippen molar-refractivity contribution in [3.63, 3.8) is 0 Å². The average molecular weight is 398 g/mol. The van der Waals surface area contributed by atoms with Crippen LogP contribution in [0.5, 0.6) is 11.5 Å². The van der Waals surface area contributed by atoms with Crippen molar-refractivity contribution in [2.24, 2.45) is 0 Å². The molecule has 156 valence electrons. The zero-order valence-electron chi connectivity index (χ0n) is 17.2. The molecule has 29 heavy (non-hydrogen) atoms. The van der Waals surface area contributed by atoms with Gasteiger partial charge in [0.15, 0.2) is 0 Å². The van der Waals surface area contributed by atoms with Crippen molar-refractivity contribution in [3.05, 3.63) is 58.1 Å². The highest BCUT2D eigenvalue weighted by Crippen LogP contribution is 2.42. The summed E-state index contributed by atoms with van der Waals surface area (Å²) in [6.07, 6.45) is 1.68. The molecule has 0 aliphatic carbocycles. The molecule has 2 aromatic carbocycles. The van der Waals surface area contributed by atoms with Crippen LogP contribution in [0.15, 0.2) is 30.3 Å². The molecule has 2 aliphatic heterocycles. The van der Waals surface area contributed by atoms with E-state index in [-0.39, 0.29) is 18.8 Å². The predicted octanol–water partition coefficient (Wildman–Crippen LogP) is 3.49. The number of rotatable bonds is 6. The molecule has 0 spiro atoms. The Balaban J connectivity index is 1.65. The second-order valence-corrected chi connectivity index (χ2v) is 7.96. The van der Waals surface area contributed by atoms with E-state index in [1.165, 1.54) is 22.3 Å². The van der Waals surface area contributed by atoms with Crippen molar-refractivity contribution in [2.45, 2.75) is 57.8 Å². The van der Waals surface area contributed by atoms with E-state index in [2.05, 4.69) is 25.1 Å². The summed E-state index contributed by atoms with van der Waals surface area (Å²) in [5.74, 6) is 1.85. The molecule has 2 heterocycles. The zero-order valence-corrected chi connectivity index (χ0v) is 17.2. The minimum atomic E-state index is -0.459. The third-order valence-corrected chi connectivity index (χ3v) is 5.93. The Morgan fingerprint density at radius 1 is 1.17 bits per heavy atom. The Morgan fingerprint density at radius 3 is 2.69 bits per heavy atom. The van der Waals surface area contributed by atoms with Gasteiger partial charge in [-0.3, -0.25) is 0 Å². The highest BCUT2D eigenvalue weighted by molar-refractivity contribution is 5.54. The molecule has 1 fully saturated rings. The van der Waals surface area contributed by atoms with Crippen LogP contribution in [0.3, 0.4) is 0 Å². The van der Waals surface area contributed by atoms with Crippen molar-refractivity contribution in [1.82, 2.24) is 0 Å². The van der Waals surface area contributed by atoms with E-state index in [1.54, 1.807) is 0 Å². The maximum absolute atomic E-state index is 10.3. The lowest BCUT2D eigenvalue weighted by molar-refractivity contribution is -0.114. The maximum Gasteiger partial charge on any atom is 0.126 e. The Morgan fingerprint density at radius 2 is 1.97 bits per heavy atom. The third kappa shape index (κ3) is 4.27. The predicted molar refractivity (Wildman–Crippen MR) is 111 cm³/mol. The van der Waals surface area contributed by atoms with Crippen LogP contribution in [0.4, 0.5) is 0 Å². The number of benzene rings is 2. The minimum absolute atomic E-state index is 0.0723. The first kappa shape index (κ1) is 20.2. The summed E-state index contributed by atoms with van der Waals surface area (Å²) < 4.78 is 17.6. The van der Waals surface area contributed by atoms with Gasteiger partial charge >= 0.3 is 0 Å². The molecule has 5 heteroatoms. The Hall–Kier alpha value is -2.08. The molecule has 5 nitrogen and oxygen atoms in total. The second kappa shape index (κ2) is 8.74. The fraction of sp³-hybridized carbons (Fsp3) is 0.500. The Kier molecular flexibility index (Phi) is 6.09. The van der Waals surface area contributed by atoms with Gasteiger partial charge in [-0.1, -0.05) is 18.2 Å². The number of aliphatic hydroxyl groups excluding tert-OH is 2. The summed E-state index contributed by atoms with van der Waals surface area (Å²) in [5, 5.41) is 19.8. The molecule has 0 radical (unpaired) electrons. The van der Waals surface area contributed by atoms with Crippen LogP contribution in [-0.4, -0.2) is 42.2 Å². The van der Waals surface area contributed by atoms with Gasteiger partial charge in [0.05, 0.1) is 38.1 Å². The smallest absolute Gasteiger partial charge is 0.126 e. The number of hydrogen-bond donors (Lipinski definition) is 2. The number of aliphatic hydroxyl groups is 2. The summed E-state index contributed by atoms with van der Waals surface area (Å²) in [6.45, 7) is 5.36. The Bertz CT molecular complexity index is 845. The first-order valence-corrected chi connectivity index (χ1v) is 10.5. The van der Waals surface area contributed by atoms with Crippen molar-refractivity contribution >= 4 is 0 Å². The third-order valence-electron chi connectivity index (χ3n) is 5.93. The maximum atomic E-state index is 10.3. The zero-order chi connectivity index (χ0) is 20.4. The quantitative estimate of drug-likeness (QED) is 0.780. The van der Waals surface area contributed by atoms with E-state index in [4.69, 9.17) is 14.2 Å². The van der Waals surface area contributed by atoms with E-state index >= 15 is 0 Å². The highest BCUT2D eigenvalue weighted by atomic mass is 16.5. The van der Waals surface area contributed by atoms with E-state index in [9.17, 15) is 10.2 Å². The summed E-state index contributed by atoms with van der Waals surface area (Å²) >= 11 is 0. The summed E-state index contributed by atoms with van der Waals surface area (Å²) in [7, 11) is 0. The first-order chi connectivity index (χ1) is 14.1. The lowest BCUT2D eigenvalue weighted by atomic mass is 9.87. The molecule has 0 amide bonds. The molecule has 0 saturated carbocycles.